The summed E-state index contributed by atoms with van der Waals surface area (Å²) in [6.45, 7) is 4.07. The Hall–Kier alpha value is -1.69. The maximum Gasteiger partial charge on any atom is 0.240 e. The first-order chi connectivity index (χ1) is 10.4. The quantitative estimate of drug-likeness (QED) is 0.865. The van der Waals surface area contributed by atoms with E-state index >= 15 is 0 Å². The number of benzene rings is 1. The normalized spacial score (nSPS) is 15.0. The average Bonchev–Trinajstić information content (AvgIpc) is 2.83. The van der Waals surface area contributed by atoms with Crippen LogP contribution in [0.4, 0.5) is 0 Å². The highest BCUT2D eigenvalue weighted by molar-refractivity contribution is 8.00. The second-order valence-corrected chi connectivity index (χ2v) is 6.95. The Morgan fingerprint density at radius 1 is 1.41 bits per heavy atom. The van der Waals surface area contributed by atoms with Gasteiger partial charge in [-0.05, 0) is 31.9 Å². The topological polar surface area (TPSA) is 58.6 Å². The van der Waals surface area contributed by atoms with Crippen molar-refractivity contribution in [1.82, 2.24) is 10.2 Å². The molecule has 120 valence electrons. The maximum absolute atomic E-state index is 12.2. The highest BCUT2D eigenvalue weighted by Gasteiger charge is 2.27. The molecule has 1 saturated heterocycles. The van der Waals surface area contributed by atoms with Gasteiger partial charge in [0.2, 0.25) is 11.8 Å². The lowest BCUT2D eigenvalue weighted by Crippen LogP contribution is -2.49. The third-order valence-corrected chi connectivity index (χ3v) is 4.41. The van der Waals surface area contributed by atoms with Gasteiger partial charge in [-0.25, -0.2) is 0 Å². The summed E-state index contributed by atoms with van der Waals surface area (Å²) in [5.74, 6) is 1.78. The fourth-order valence-electron chi connectivity index (χ4n) is 2.50. The zero-order valence-electron chi connectivity index (χ0n) is 13.2. The lowest BCUT2D eigenvalue weighted by atomic mass is 9.94. The average molecular weight is 322 g/mol. The number of thioether (sulfide) groups is 1. The number of para-hydroxylation sites is 1. The standard InChI is InChI=1S/C16H22N2O3S/c1-16(2,8-12-6-4-5-7-13(12)21-3)17-14(19)9-18-11-22-10-15(18)20/h4-7H,8-11H2,1-3H3,(H,17,19). The molecule has 1 N–H and O–H groups in total. The molecule has 1 aliphatic heterocycles. The molecule has 5 nitrogen and oxygen atoms in total. The number of nitrogens with zero attached hydrogens (tertiary/aromatic N) is 1. The molecule has 0 radical (unpaired) electrons. The van der Waals surface area contributed by atoms with E-state index in [-0.39, 0.29) is 18.4 Å². The van der Waals surface area contributed by atoms with Crippen LogP contribution in [-0.4, -0.2) is 47.5 Å². The molecule has 2 rings (SSSR count). The number of carbonyl (C=O) groups excluding carboxylic acids is 2. The number of nitrogens with one attached hydrogen (secondary N) is 1. The molecule has 1 aliphatic rings. The van der Waals surface area contributed by atoms with Crippen molar-refractivity contribution in [3.05, 3.63) is 29.8 Å². The van der Waals surface area contributed by atoms with Crippen molar-refractivity contribution in [2.24, 2.45) is 0 Å². The van der Waals surface area contributed by atoms with Crippen LogP contribution in [0.25, 0.3) is 0 Å². The molecule has 0 unspecified atom stereocenters. The fraction of sp³-hybridized carbons (Fsp3) is 0.500. The summed E-state index contributed by atoms with van der Waals surface area (Å²) >= 11 is 1.54. The van der Waals surface area contributed by atoms with E-state index in [0.717, 1.165) is 11.3 Å². The first-order valence-electron chi connectivity index (χ1n) is 7.20. The molecular formula is C16H22N2O3S. The van der Waals surface area contributed by atoms with Gasteiger partial charge >= 0.3 is 0 Å². The number of hydrogen-bond donors (Lipinski definition) is 1. The Bertz CT molecular complexity index is 560. The van der Waals surface area contributed by atoms with E-state index in [4.69, 9.17) is 4.74 Å². The Kier molecular flexibility index (Phi) is 5.34. The van der Waals surface area contributed by atoms with E-state index in [2.05, 4.69) is 5.32 Å². The predicted molar refractivity (Wildman–Crippen MR) is 88.0 cm³/mol. The lowest BCUT2D eigenvalue weighted by molar-refractivity contribution is -0.133. The number of rotatable bonds is 6. The number of ether oxygens (including phenoxy) is 1. The highest BCUT2D eigenvalue weighted by atomic mass is 32.2. The van der Waals surface area contributed by atoms with Crippen molar-refractivity contribution < 1.29 is 14.3 Å². The second kappa shape index (κ2) is 7.05. The van der Waals surface area contributed by atoms with Gasteiger partial charge in [-0.1, -0.05) is 18.2 Å². The van der Waals surface area contributed by atoms with E-state index in [1.807, 2.05) is 38.1 Å². The zero-order valence-corrected chi connectivity index (χ0v) is 14.0. The van der Waals surface area contributed by atoms with Crippen LogP contribution in [0, 0.1) is 0 Å². The van der Waals surface area contributed by atoms with Gasteiger partial charge in [0, 0.05) is 5.54 Å². The SMILES string of the molecule is COc1ccccc1CC(C)(C)NC(=O)CN1CSCC1=O. The van der Waals surface area contributed by atoms with E-state index in [1.165, 1.54) is 11.8 Å². The van der Waals surface area contributed by atoms with Crippen molar-refractivity contribution >= 4 is 23.6 Å². The second-order valence-electron chi connectivity index (χ2n) is 5.99. The van der Waals surface area contributed by atoms with Crippen LogP contribution in [-0.2, 0) is 16.0 Å². The summed E-state index contributed by atoms with van der Waals surface area (Å²) in [7, 11) is 1.64. The van der Waals surface area contributed by atoms with Crippen molar-refractivity contribution in [3.8, 4) is 5.75 Å². The minimum absolute atomic E-state index is 0.0303. The summed E-state index contributed by atoms with van der Waals surface area (Å²) in [5.41, 5.74) is 0.629. The molecule has 6 heteroatoms. The highest BCUT2D eigenvalue weighted by Crippen LogP contribution is 2.22. The van der Waals surface area contributed by atoms with Crippen molar-refractivity contribution in [1.29, 1.82) is 0 Å². The largest absolute Gasteiger partial charge is 0.496 e. The number of hydrogen-bond acceptors (Lipinski definition) is 4. The Labute approximate surface area is 135 Å². The molecule has 2 amide bonds. The van der Waals surface area contributed by atoms with Crippen LogP contribution in [0.15, 0.2) is 24.3 Å². The minimum Gasteiger partial charge on any atom is -0.496 e. The molecule has 0 bridgehead atoms. The fourth-order valence-corrected chi connectivity index (χ4v) is 3.40. The summed E-state index contributed by atoms with van der Waals surface area (Å²) < 4.78 is 5.35. The number of carbonyl (C=O) groups is 2. The number of amides is 2. The van der Waals surface area contributed by atoms with Crippen molar-refractivity contribution in [2.45, 2.75) is 25.8 Å². The third kappa shape index (κ3) is 4.40. The van der Waals surface area contributed by atoms with Crippen LogP contribution in [0.2, 0.25) is 0 Å². The molecule has 22 heavy (non-hydrogen) atoms. The van der Waals surface area contributed by atoms with Gasteiger partial charge in [-0.15, -0.1) is 11.8 Å². The molecule has 0 atom stereocenters. The van der Waals surface area contributed by atoms with Gasteiger partial charge in [0.1, 0.15) is 12.3 Å². The van der Waals surface area contributed by atoms with Gasteiger partial charge in [0.25, 0.3) is 0 Å². The summed E-state index contributed by atoms with van der Waals surface area (Å²) in [4.78, 5) is 25.3. The number of methoxy groups -OCH3 is 1. The Balaban J connectivity index is 1.95. The molecule has 0 spiro atoms. The maximum atomic E-state index is 12.2. The summed E-state index contributed by atoms with van der Waals surface area (Å²) in [5, 5.41) is 3.01. The van der Waals surface area contributed by atoms with Crippen molar-refractivity contribution in [2.75, 3.05) is 25.3 Å². The lowest BCUT2D eigenvalue weighted by Gasteiger charge is -2.28. The monoisotopic (exact) mass is 322 g/mol. The molecule has 1 aromatic rings. The molecule has 0 saturated carbocycles. The van der Waals surface area contributed by atoms with Crippen LogP contribution in [0.5, 0.6) is 5.75 Å². The Morgan fingerprint density at radius 2 is 2.14 bits per heavy atom. The minimum atomic E-state index is -0.415. The van der Waals surface area contributed by atoms with Gasteiger partial charge in [-0.2, -0.15) is 0 Å². The zero-order chi connectivity index (χ0) is 16.2. The van der Waals surface area contributed by atoms with E-state index in [1.54, 1.807) is 12.0 Å². The molecular weight excluding hydrogens is 300 g/mol. The van der Waals surface area contributed by atoms with Crippen LogP contribution in [0.3, 0.4) is 0 Å². The first-order valence-corrected chi connectivity index (χ1v) is 8.35. The van der Waals surface area contributed by atoms with Gasteiger partial charge in [0.05, 0.1) is 18.7 Å². The van der Waals surface area contributed by atoms with Crippen LogP contribution >= 0.6 is 11.8 Å². The van der Waals surface area contributed by atoms with Gasteiger partial charge < -0.3 is 15.0 Å². The van der Waals surface area contributed by atoms with Crippen LogP contribution < -0.4 is 10.1 Å². The van der Waals surface area contributed by atoms with Gasteiger partial charge in [-0.3, -0.25) is 9.59 Å². The van der Waals surface area contributed by atoms with E-state index in [0.29, 0.717) is 18.1 Å². The molecule has 1 heterocycles. The Morgan fingerprint density at radius 3 is 2.77 bits per heavy atom. The first kappa shape index (κ1) is 16.7. The molecule has 1 aromatic carbocycles. The molecule has 0 aliphatic carbocycles. The van der Waals surface area contributed by atoms with E-state index < -0.39 is 5.54 Å². The molecule has 1 fully saturated rings. The van der Waals surface area contributed by atoms with Crippen molar-refractivity contribution in [3.63, 3.8) is 0 Å². The van der Waals surface area contributed by atoms with E-state index in [9.17, 15) is 9.59 Å². The van der Waals surface area contributed by atoms with Crippen LogP contribution in [0.1, 0.15) is 19.4 Å². The predicted octanol–water partition coefficient (Wildman–Crippen LogP) is 1.67. The summed E-state index contributed by atoms with van der Waals surface area (Å²) in [6, 6.07) is 7.78. The third-order valence-electron chi connectivity index (χ3n) is 3.46. The van der Waals surface area contributed by atoms with Gasteiger partial charge in [0.15, 0.2) is 0 Å². The molecule has 0 aromatic heterocycles. The smallest absolute Gasteiger partial charge is 0.240 e. The summed E-state index contributed by atoms with van der Waals surface area (Å²) in [6.07, 6.45) is 0.658.